The minimum atomic E-state index is 0.00714. The summed E-state index contributed by atoms with van der Waals surface area (Å²) < 4.78 is 1.94. The highest BCUT2D eigenvalue weighted by atomic mass is 16.3. The Morgan fingerprint density at radius 2 is 2.44 bits per heavy atom. The highest BCUT2D eigenvalue weighted by Crippen LogP contribution is 2.19. The second-order valence-electron chi connectivity index (χ2n) is 4.16. The van der Waals surface area contributed by atoms with E-state index in [0.29, 0.717) is 0 Å². The monoisotopic (exact) mass is 222 g/mol. The first-order chi connectivity index (χ1) is 7.77. The molecule has 4 heteroatoms. The second-order valence-corrected chi connectivity index (χ2v) is 4.16. The summed E-state index contributed by atoms with van der Waals surface area (Å²) in [6, 6.07) is 3.74. The molecule has 1 fully saturated rings. The third kappa shape index (κ3) is 1.85. The van der Waals surface area contributed by atoms with E-state index in [-0.39, 0.29) is 18.6 Å². The first kappa shape index (κ1) is 11.2. The summed E-state index contributed by atoms with van der Waals surface area (Å²) in [4.78, 5) is 14.0. The summed E-state index contributed by atoms with van der Waals surface area (Å²) in [5, 5.41) is 9.21. The summed E-state index contributed by atoms with van der Waals surface area (Å²) in [6.07, 6.45) is 3.82. The fourth-order valence-electron chi connectivity index (χ4n) is 2.32. The van der Waals surface area contributed by atoms with Gasteiger partial charge < -0.3 is 14.6 Å². The molecule has 4 nitrogen and oxygen atoms in total. The maximum Gasteiger partial charge on any atom is 0.270 e. The molecule has 1 atom stereocenters. The van der Waals surface area contributed by atoms with Crippen LogP contribution < -0.4 is 0 Å². The lowest BCUT2D eigenvalue weighted by molar-refractivity contribution is 0.0667. The van der Waals surface area contributed by atoms with Gasteiger partial charge in [-0.25, -0.2) is 0 Å². The Morgan fingerprint density at radius 1 is 1.62 bits per heavy atom. The Bertz CT molecular complexity index is 373. The molecule has 1 amide bonds. The molecule has 0 bridgehead atoms. The number of aryl methyl sites for hydroxylation is 1. The van der Waals surface area contributed by atoms with E-state index >= 15 is 0 Å². The van der Waals surface area contributed by atoms with Crippen LogP contribution in [-0.4, -0.2) is 39.7 Å². The molecule has 1 aliphatic rings. The summed E-state index contributed by atoms with van der Waals surface area (Å²) in [6.45, 7) is 3.65. The van der Waals surface area contributed by atoms with Crippen molar-refractivity contribution in [3.05, 3.63) is 24.0 Å². The Labute approximate surface area is 95.5 Å². The van der Waals surface area contributed by atoms with Crippen LogP contribution in [-0.2, 0) is 6.54 Å². The van der Waals surface area contributed by atoms with Gasteiger partial charge in [0.1, 0.15) is 5.69 Å². The van der Waals surface area contributed by atoms with Crippen LogP contribution in [0, 0.1) is 0 Å². The van der Waals surface area contributed by atoms with Crippen LogP contribution in [0.5, 0.6) is 0 Å². The first-order valence-electron chi connectivity index (χ1n) is 5.85. The molecule has 1 N–H and O–H groups in total. The SMILES string of the molecule is CCn1cccc1C(=O)N1CCC[C@@H]1CO. The molecule has 16 heavy (non-hydrogen) atoms. The summed E-state index contributed by atoms with van der Waals surface area (Å²) >= 11 is 0. The molecule has 0 aromatic carbocycles. The highest BCUT2D eigenvalue weighted by molar-refractivity contribution is 5.93. The van der Waals surface area contributed by atoms with Crippen molar-refractivity contribution in [1.29, 1.82) is 0 Å². The number of hydrogen-bond donors (Lipinski definition) is 1. The maximum absolute atomic E-state index is 12.3. The minimum Gasteiger partial charge on any atom is -0.394 e. The van der Waals surface area contributed by atoms with E-state index in [1.807, 2.05) is 29.8 Å². The summed E-state index contributed by atoms with van der Waals surface area (Å²) in [7, 11) is 0. The molecule has 0 saturated carbocycles. The molecule has 0 unspecified atom stereocenters. The zero-order valence-corrected chi connectivity index (χ0v) is 9.59. The van der Waals surface area contributed by atoms with Gasteiger partial charge in [0.05, 0.1) is 12.6 Å². The molecule has 2 heterocycles. The van der Waals surface area contributed by atoms with Crippen molar-refractivity contribution < 1.29 is 9.90 Å². The van der Waals surface area contributed by atoms with E-state index in [1.165, 1.54) is 0 Å². The van der Waals surface area contributed by atoms with Crippen LogP contribution in [0.1, 0.15) is 30.3 Å². The van der Waals surface area contributed by atoms with Crippen molar-refractivity contribution in [2.24, 2.45) is 0 Å². The van der Waals surface area contributed by atoms with Crippen LogP contribution in [0.15, 0.2) is 18.3 Å². The zero-order valence-electron chi connectivity index (χ0n) is 9.59. The number of aromatic nitrogens is 1. The van der Waals surface area contributed by atoms with Gasteiger partial charge in [-0.2, -0.15) is 0 Å². The zero-order chi connectivity index (χ0) is 11.5. The predicted molar refractivity (Wildman–Crippen MR) is 61.3 cm³/mol. The number of hydrogen-bond acceptors (Lipinski definition) is 2. The molecule has 0 radical (unpaired) electrons. The van der Waals surface area contributed by atoms with E-state index < -0.39 is 0 Å². The van der Waals surface area contributed by atoms with Crippen LogP contribution in [0.25, 0.3) is 0 Å². The van der Waals surface area contributed by atoms with E-state index in [2.05, 4.69) is 0 Å². The van der Waals surface area contributed by atoms with Crippen molar-refractivity contribution in [1.82, 2.24) is 9.47 Å². The average Bonchev–Trinajstić information content (AvgIpc) is 2.96. The molecule has 0 aliphatic carbocycles. The van der Waals surface area contributed by atoms with Gasteiger partial charge >= 0.3 is 0 Å². The van der Waals surface area contributed by atoms with Crippen LogP contribution in [0.3, 0.4) is 0 Å². The van der Waals surface area contributed by atoms with Gasteiger partial charge in [-0.1, -0.05) is 0 Å². The average molecular weight is 222 g/mol. The van der Waals surface area contributed by atoms with Crippen molar-refractivity contribution in [2.75, 3.05) is 13.2 Å². The van der Waals surface area contributed by atoms with Crippen LogP contribution in [0.4, 0.5) is 0 Å². The number of aliphatic hydroxyl groups is 1. The molecule has 2 rings (SSSR count). The van der Waals surface area contributed by atoms with E-state index in [0.717, 1.165) is 31.6 Å². The largest absolute Gasteiger partial charge is 0.394 e. The maximum atomic E-state index is 12.3. The van der Waals surface area contributed by atoms with Gasteiger partial charge in [0, 0.05) is 19.3 Å². The van der Waals surface area contributed by atoms with Crippen molar-refractivity contribution in [2.45, 2.75) is 32.4 Å². The number of rotatable bonds is 3. The molecule has 1 aromatic rings. The molecule has 1 aliphatic heterocycles. The molecular weight excluding hydrogens is 204 g/mol. The quantitative estimate of drug-likeness (QED) is 0.832. The second kappa shape index (κ2) is 4.70. The number of aliphatic hydroxyl groups excluding tert-OH is 1. The number of likely N-dealkylation sites (tertiary alicyclic amines) is 1. The summed E-state index contributed by atoms with van der Waals surface area (Å²) in [5.41, 5.74) is 0.725. The van der Waals surface area contributed by atoms with E-state index in [4.69, 9.17) is 0 Å². The molecule has 1 saturated heterocycles. The lowest BCUT2D eigenvalue weighted by Gasteiger charge is -2.23. The van der Waals surface area contributed by atoms with E-state index in [1.54, 1.807) is 4.90 Å². The molecular formula is C12H18N2O2. The molecule has 88 valence electrons. The predicted octanol–water partition coefficient (Wildman–Crippen LogP) is 1.10. The number of amides is 1. The number of carbonyl (C=O) groups excluding carboxylic acids is 1. The third-order valence-electron chi connectivity index (χ3n) is 3.24. The topological polar surface area (TPSA) is 45.5 Å². The molecule has 0 spiro atoms. The number of nitrogens with zero attached hydrogens (tertiary/aromatic N) is 2. The summed E-state index contributed by atoms with van der Waals surface area (Å²) in [5.74, 6) is 0.0448. The molecule has 1 aromatic heterocycles. The standard InChI is InChI=1S/C12H18N2O2/c1-2-13-7-4-6-11(13)12(16)14-8-3-5-10(14)9-15/h4,6-7,10,15H,2-3,5,8-9H2,1H3/t10-/m1/s1. The normalized spacial score (nSPS) is 20.4. The Kier molecular flexibility index (Phi) is 3.29. The number of carbonyl (C=O) groups is 1. The van der Waals surface area contributed by atoms with E-state index in [9.17, 15) is 9.90 Å². The van der Waals surface area contributed by atoms with Crippen molar-refractivity contribution in [3.8, 4) is 0 Å². The van der Waals surface area contributed by atoms with Gasteiger partial charge in [0.25, 0.3) is 5.91 Å². The fraction of sp³-hybridized carbons (Fsp3) is 0.583. The lowest BCUT2D eigenvalue weighted by atomic mass is 10.2. The first-order valence-corrected chi connectivity index (χ1v) is 5.85. The van der Waals surface area contributed by atoms with Gasteiger partial charge in [0.15, 0.2) is 0 Å². The van der Waals surface area contributed by atoms with Crippen LogP contribution in [0.2, 0.25) is 0 Å². The van der Waals surface area contributed by atoms with Gasteiger partial charge in [-0.15, -0.1) is 0 Å². The highest BCUT2D eigenvalue weighted by Gasteiger charge is 2.29. The van der Waals surface area contributed by atoms with Crippen molar-refractivity contribution in [3.63, 3.8) is 0 Å². The lowest BCUT2D eigenvalue weighted by Crippen LogP contribution is -2.38. The van der Waals surface area contributed by atoms with Gasteiger partial charge in [-0.05, 0) is 31.9 Å². The van der Waals surface area contributed by atoms with Crippen molar-refractivity contribution >= 4 is 5.91 Å². The minimum absolute atomic E-state index is 0.00714. The Hall–Kier alpha value is -1.29. The Balaban J connectivity index is 2.18. The smallest absolute Gasteiger partial charge is 0.270 e. The Morgan fingerprint density at radius 3 is 3.12 bits per heavy atom. The van der Waals surface area contributed by atoms with Gasteiger partial charge in [0.2, 0.25) is 0 Å². The van der Waals surface area contributed by atoms with Crippen LogP contribution >= 0.6 is 0 Å². The fourth-order valence-corrected chi connectivity index (χ4v) is 2.32. The van der Waals surface area contributed by atoms with Gasteiger partial charge in [-0.3, -0.25) is 4.79 Å². The third-order valence-corrected chi connectivity index (χ3v) is 3.24.